The monoisotopic (exact) mass is 509 g/mol. The minimum atomic E-state index is -1.14. The van der Waals surface area contributed by atoms with E-state index in [1.165, 1.54) is 15.4 Å². The summed E-state index contributed by atoms with van der Waals surface area (Å²) in [7, 11) is 1.61. The second-order valence-corrected chi connectivity index (χ2v) is 10.8. The number of carbonyl (C=O) groups is 2. The molecule has 194 valence electrons. The first kappa shape index (κ1) is 24.9. The molecule has 2 aliphatic rings. The van der Waals surface area contributed by atoms with Crippen LogP contribution in [0, 0.1) is 11.6 Å². The zero-order valence-corrected chi connectivity index (χ0v) is 21.3. The van der Waals surface area contributed by atoms with Crippen LogP contribution in [0.1, 0.15) is 66.0 Å². The lowest BCUT2D eigenvalue weighted by atomic mass is 9.92. The molecule has 0 saturated carbocycles. The van der Waals surface area contributed by atoms with E-state index in [1.807, 2.05) is 12.1 Å². The van der Waals surface area contributed by atoms with Gasteiger partial charge in [0.05, 0.1) is 18.0 Å². The number of aryl methyl sites for hydroxylation is 2. The molecule has 0 saturated heterocycles. The Bertz CT molecular complexity index is 1490. The fourth-order valence-corrected chi connectivity index (χ4v) is 5.28. The summed E-state index contributed by atoms with van der Waals surface area (Å²) >= 11 is 0. The summed E-state index contributed by atoms with van der Waals surface area (Å²) < 4.78 is 34.0. The van der Waals surface area contributed by atoms with Crippen molar-refractivity contribution in [2.45, 2.75) is 58.2 Å². The van der Waals surface area contributed by atoms with Gasteiger partial charge in [-0.2, -0.15) is 0 Å². The van der Waals surface area contributed by atoms with Gasteiger partial charge in [0, 0.05) is 30.4 Å². The number of pyridine rings is 1. The molecule has 0 radical (unpaired) electrons. The van der Waals surface area contributed by atoms with Gasteiger partial charge in [0.25, 0.3) is 11.5 Å². The van der Waals surface area contributed by atoms with Crippen LogP contribution in [-0.2, 0) is 24.1 Å². The average Bonchev–Trinajstić information content (AvgIpc) is 3.30. The van der Waals surface area contributed by atoms with Crippen LogP contribution >= 0.6 is 0 Å². The molecular formula is C28H29F2N3O4. The van der Waals surface area contributed by atoms with Crippen LogP contribution in [0.3, 0.4) is 0 Å². The normalized spacial score (nSPS) is 16.9. The van der Waals surface area contributed by atoms with Gasteiger partial charge in [-0.05, 0) is 80.8 Å². The van der Waals surface area contributed by atoms with Crippen LogP contribution in [0.2, 0.25) is 0 Å². The highest BCUT2D eigenvalue weighted by molar-refractivity contribution is 5.95. The Hall–Kier alpha value is -3.75. The number of aromatic nitrogens is 1. The van der Waals surface area contributed by atoms with Crippen LogP contribution in [0.15, 0.2) is 35.1 Å². The maximum absolute atomic E-state index is 14.4. The van der Waals surface area contributed by atoms with Gasteiger partial charge in [-0.25, -0.2) is 13.6 Å². The number of rotatable bonds is 2. The number of nitrogens with zero attached hydrogens (tertiary/aromatic N) is 2. The van der Waals surface area contributed by atoms with Crippen molar-refractivity contribution in [3.8, 4) is 0 Å². The van der Waals surface area contributed by atoms with Gasteiger partial charge in [0.15, 0.2) is 11.6 Å². The van der Waals surface area contributed by atoms with Crippen LogP contribution in [0.4, 0.5) is 13.6 Å². The predicted octanol–water partition coefficient (Wildman–Crippen LogP) is 4.86. The molecule has 0 spiro atoms. The topological polar surface area (TPSA) is 82.7 Å². The van der Waals surface area contributed by atoms with Crippen molar-refractivity contribution in [2.24, 2.45) is 0 Å². The molecule has 7 nitrogen and oxygen atoms in total. The van der Waals surface area contributed by atoms with Crippen molar-refractivity contribution < 1.29 is 23.1 Å². The van der Waals surface area contributed by atoms with Crippen molar-refractivity contribution in [3.05, 3.63) is 80.3 Å². The van der Waals surface area contributed by atoms with Gasteiger partial charge < -0.3 is 14.6 Å². The Balaban J connectivity index is 1.62. The fraction of sp³-hybridized carbons (Fsp3) is 0.393. The molecule has 0 unspecified atom stereocenters. The molecule has 2 aromatic carbocycles. The van der Waals surface area contributed by atoms with Gasteiger partial charge in [-0.1, -0.05) is 6.07 Å². The number of ether oxygens (including phenoxy) is 1. The quantitative estimate of drug-likeness (QED) is 0.535. The maximum atomic E-state index is 14.4. The molecule has 2 amide bonds. The van der Waals surface area contributed by atoms with Gasteiger partial charge in [0.1, 0.15) is 5.60 Å². The van der Waals surface area contributed by atoms with E-state index < -0.39 is 34.9 Å². The molecule has 1 aliphatic carbocycles. The van der Waals surface area contributed by atoms with E-state index in [1.54, 1.807) is 33.9 Å². The maximum Gasteiger partial charge on any atom is 0.410 e. The van der Waals surface area contributed by atoms with E-state index in [9.17, 15) is 23.2 Å². The Kier molecular flexibility index (Phi) is 6.04. The Labute approximate surface area is 213 Å². The first-order valence-electron chi connectivity index (χ1n) is 12.3. The minimum Gasteiger partial charge on any atom is -0.444 e. The molecular weight excluding hydrogens is 480 g/mol. The zero-order valence-electron chi connectivity index (χ0n) is 21.3. The number of hydrogen-bond acceptors (Lipinski definition) is 4. The highest BCUT2D eigenvalue weighted by Crippen LogP contribution is 2.36. The number of H-pyrrole nitrogens is 1. The third kappa shape index (κ3) is 4.58. The number of fused-ring (bicyclic) bond motifs is 4. The number of likely N-dealkylation sites (N-methyl/N-ethyl adjacent to an activating group) is 1. The molecule has 5 rings (SSSR count). The number of aromatic amines is 1. The minimum absolute atomic E-state index is 0.00814. The third-order valence-electron chi connectivity index (χ3n) is 7.05. The third-order valence-corrected chi connectivity index (χ3v) is 7.05. The van der Waals surface area contributed by atoms with Gasteiger partial charge in [-0.3, -0.25) is 14.5 Å². The van der Waals surface area contributed by atoms with Gasteiger partial charge in [0.2, 0.25) is 0 Å². The summed E-state index contributed by atoms with van der Waals surface area (Å²) in [6.45, 7) is 5.28. The van der Waals surface area contributed by atoms with Crippen LogP contribution in [0.5, 0.6) is 0 Å². The number of carbonyl (C=O) groups excluding carboxylic acids is 2. The van der Waals surface area contributed by atoms with Crippen LogP contribution in [-0.4, -0.2) is 46.0 Å². The second kappa shape index (κ2) is 8.97. The summed E-state index contributed by atoms with van der Waals surface area (Å²) in [4.78, 5) is 45.1. The lowest BCUT2D eigenvalue weighted by Gasteiger charge is -2.39. The molecule has 1 atom stereocenters. The van der Waals surface area contributed by atoms with Gasteiger partial charge >= 0.3 is 6.09 Å². The van der Waals surface area contributed by atoms with E-state index in [4.69, 9.17) is 4.74 Å². The van der Waals surface area contributed by atoms with E-state index in [0.717, 1.165) is 37.0 Å². The van der Waals surface area contributed by atoms with Crippen molar-refractivity contribution in [1.29, 1.82) is 0 Å². The summed E-state index contributed by atoms with van der Waals surface area (Å²) in [5.41, 5.74) is 2.35. The fourth-order valence-electron chi connectivity index (χ4n) is 5.28. The van der Waals surface area contributed by atoms with E-state index in [2.05, 4.69) is 4.98 Å². The Morgan fingerprint density at radius 2 is 1.73 bits per heavy atom. The van der Waals surface area contributed by atoms with Crippen LogP contribution in [0.25, 0.3) is 10.8 Å². The van der Waals surface area contributed by atoms with E-state index in [-0.39, 0.29) is 29.8 Å². The molecule has 1 aromatic heterocycles. The van der Waals surface area contributed by atoms with Crippen molar-refractivity contribution in [1.82, 2.24) is 14.8 Å². The van der Waals surface area contributed by atoms with E-state index in [0.29, 0.717) is 16.8 Å². The Morgan fingerprint density at radius 3 is 2.43 bits per heavy atom. The molecule has 37 heavy (non-hydrogen) atoms. The molecule has 0 bridgehead atoms. The molecule has 1 aliphatic heterocycles. The predicted molar refractivity (Wildman–Crippen MR) is 134 cm³/mol. The number of nitrogens with one attached hydrogen (secondary N) is 1. The van der Waals surface area contributed by atoms with Crippen molar-refractivity contribution >= 4 is 22.8 Å². The summed E-state index contributed by atoms with van der Waals surface area (Å²) in [5, 5.41) is 0.187. The molecule has 1 N–H and O–H groups in total. The molecule has 0 fully saturated rings. The largest absolute Gasteiger partial charge is 0.444 e. The zero-order chi connectivity index (χ0) is 26.6. The second-order valence-electron chi connectivity index (χ2n) is 10.8. The van der Waals surface area contributed by atoms with Gasteiger partial charge in [-0.15, -0.1) is 0 Å². The first-order chi connectivity index (χ1) is 17.4. The average molecular weight is 510 g/mol. The lowest BCUT2D eigenvalue weighted by molar-refractivity contribution is 0.0142. The summed E-state index contributed by atoms with van der Waals surface area (Å²) in [6, 6.07) is 6.76. The first-order valence-corrected chi connectivity index (χ1v) is 12.3. The van der Waals surface area contributed by atoms with Crippen LogP contribution < -0.4 is 5.56 Å². The van der Waals surface area contributed by atoms with Crippen molar-refractivity contribution in [3.63, 3.8) is 0 Å². The molecule has 3 aromatic rings. The summed E-state index contributed by atoms with van der Waals surface area (Å²) in [6.07, 6.45) is 2.34. The standard InChI is InChI=1S/C28H29F2N3O4/c1-28(2,3)37-27(36)33-13-22-24(18-11-20(29)21(30)12-19(18)25(34)31-22)23(14-33)32(4)26(35)17-9-8-15-6-5-7-16(15)10-17/h8-12,23H,5-7,13-14H2,1-4H3,(H,31,34)/t23-/m0/s1. The Morgan fingerprint density at radius 1 is 1.05 bits per heavy atom. The SMILES string of the molecule is CN(C(=O)c1ccc2c(c1)CCC2)[C@H]1CN(C(=O)OC(C)(C)C)Cc2[nH]c(=O)c3cc(F)c(F)cc3c21. The lowest BCUT2D eigenvalue weighted by Crippen LogP contribution is -2.47. The number of amides is 2. The highest BCUT2D eigenvalue weighted by Gasteiger charge is 2.37. The van der Waals surface area contributed by atoms with E-state index >= 15 is 0 Å². The summed E-state index contributed by atoms with van der Waals surface area (Å²) in [5.74, 6) is -2.51. The molecule has 9 heteroatoms. The number of hydrogen-bond donors (Lipinski definition) is 1. The van der Waals surface area contributed by atoms with Crippen molar-refractivity contribution in [2.75, 3.05) is 13.6 Å². The molecule has 2 heterocycles. The highest BCUT2D eigenvalue weighted by atomic mass is 19.2. The number of halogens is 2. The number of benzene rings is 2. The smallest absolute Gasteiger partial charge is 0.410 e.